The zero-order chi connectivity index (χ0) is 25.5. The maximum Gasteiger partial charge on any atom is 0.351 e. The summed E-state index contributed by atoms with van der Waals surface area (Å²) < 4.78 is 21.8. The monoisotopic (exact) mass is 489 g/mol. The predicted molar refractivity (Wildman–Crippen MR) is 130 cm³/mol. The van der Waals surface area contributed by atoms with Crippen LogP contribution < -0.4 is 4.74 Å². The highest BCUT2D eigenvalue weighted by Crippen LogP contribution is 2.47. The molecule has 36 heavy (non-hydrogen) atoms. The van der Waals surface area contributed by atoms with Crippen LogP contribution in [0.25, 0.3) is 0 Å². The second-order valence-electron chi connectivity index (χ2n) is 8.26. The fourth-order valence-electron chi connectivity index (χ4n) is 4.17. The van der Waals surface area contributed by atoms with Crippen LogP contribution in [-0.2, 0) is 41.8 Å². The van der Waals surface area contributed by atoms with Gasteiger partial charge in [0.25, 0.3) is 11.5 Å². The Morgan fingerprint density at radius 2 is 1.42 bits per heavy atom. The van der Waals surface area contributed by atoms with E-state index in [9.17, 15) is 14.4 Å². The van der Waals surface area contributed by atoms with Crippen molar-refractivity contribution in [2.24, 2.45) is 0 Å². The van der Waals surface area contributed by atoms with Crippen LogP contribution >= 0.6 is 0 Å². The Hall–Kier alpha value is -4.17. The molecule has 0 N–H and O–H groups in total. The van der Waals surface area contributed by atoms with Gasteiger partial charge in [-0.3, -0.25) is 9.59 Å². The molecule has 0 bridgehead atoms. The van der Waals surface area contributed by atoms with Crippen LogP contribution in [0.1, 0.15) is 22.7 Å². The highest BCUT2D eigenvalue weighted by atomic mass is 16.6. The number of ether oxygens (including phenoxy) is 4. The van der Waals surface area contributed by atoms with Crippen molar-refractivity contribution >= 4 is 17.8 Å². The smallest absolute Gasteiger partial charge is 0.351 e. The standard InChI is InChI=1S/C28H27NO7/c1-33-23-15-13-22(14-16-23)25-28(26(31)29(25)17-24(30)34-2,36-19-21-11-7-4-8-12-21)27(32)35-18-20-9-5-3-6-10-20/h3-16,25H,17-19H2,1-2H3/t25-,28-/m0/s1. The van der Waals surface area contributed by atoms with Gasteiger partial charge in [0.2, 0.25) is 0 Å². The van der Waals surface area contributed by atoms with Crippen molar-refractivity contribution < 1.29 is 33.3 Å². The molecule has 0 unspecified atom stereocenters. The van der Waals surface area contributed by atoms with Crippen LogP contribution in [0.2, 0.25) is 0 Å². The third-order valence-electron chi connectivity index (χ3n) is 6.06. The summed E-state index contributed by atoms with van der Waals surface area (Å²) >= 11 is 0. The van der Waals surface area contributed by atoms with Gasteiger partial charge in [-0.15, -0.1) is 0 Å². The molecule has 4 rings (SSSR count). The van der Waals surface area contributed by atoms with Gasteiger partial charge in [-0.25, -0.2) is 4.79 Å². The van der Waals surface area contributed by atoms with E-state index in [2.05, 4.69) is 0 Å². The van der Waals surface area contributed by atoms with Crippen molar-refractivity contribution in [3.63, 3.8) is 0 Å². The lowest BCUT2D eigenvalue weighted by Crippen LogP contribution is -2.74. The summed E-state index contributed by atoms with van der Waals surface area (Å²) in [5.41, 5.74) is 0.153. The average molecular weight is 490 g/mol. The van der Waals surface area contributed by atoms with E-state index < -0.39 is 29.5 Å². The van der Waals surface area contributed by atoms with Crippen molar-refractivity contribution in [2.45, 2.75) is 24.9 Å². The number of methoxy groups -OCH3 is 2. The van der Waals surface area contributed by atoms with Crippen molar-refractivity contribution in [3.8, 4) is 5.75 Å². The number of benzene rings is 3. The van der Waals surface area contributed by atoms with E-state index in [-0.39, 0.29) is 19.8 Å². The number of likely N-dealkylation sites (tertiary alicyclic amines) is 1. The number of hydrogen-bond acceptors (Lipinski definition) is 7. The Labute approximate surface area is 209 Å². The highest BCUT2D eigenvalue weighted by Gasteiger charge is 2.69. The van der Waals surface area contributed by atoms with E-state index in [1.165, 1.54) is 12.0 Å². The quantitative estimate of drug-likeness (QED) is 0.245. The second kappa shape index (κ2) is 11.0. The molecule has 2 atom stereocenters. The Balaban J connectivity index is 1.70. The number of nitrogens with zero attached hydrogens (tertiary/aromatic N) is 1. The topological polar surface area (TPSA) is 91.4 Å². The number of carbonyl (C=O) groups is 3. The number of amides is 1. The van der Waals surface area contributed by atoms with Crippen LogP contribution in [0.15, 0.2) is 84.9 Å². The first kappa shape index (κ1) is 24.9. The van der Waals surface area contributed by atoms with Gasteiger partial charge in [0.1, 0.15) is 24.9 Å². The number of carbonyl (C=O) groups excluding carboxylic acids is 3. The molecule has 1 fully saturated rings. The van der Waals surface area contributed by atoms with Gasteiger partial charge in [-0.2, -0.15) is 0 Å². The molecule has 8 heteroatoms. The lowest BCUT2D eigenvalue weighted by molar-refractivity contribution is -0.224. The van der Waals surface area contributed by atoms with Crippen LogP contribution in [0, 0.1) is 0 Å². The summed E-state index contributed by atoms with van der Waals surface area (Å²) in [5, 5.41) is 0. The van der Waals surface area contributed by atoms with Gasteiger partial charge < -0.3 is 23.8 Å². The number of β-lactam (4-membered cyclic amide) rings is 1. The SMILES string of the molecule is COC(=O)CN1C(=O)[C@](OCc2ccccc2)(C(=O)OCc2ccccc2)[C@@H]1c1ccc(OC)cc1. The van der Waals surface area contributed by atoms with Gasteiger partial charge in [-0.05, 0) is 28.8 Å². The van der Waals surface area contributed by atoms with E-state index in [1.54, 1.807) is 31.4 Å². The summed E-state index contributed by atoms with van der Waals surface area (Å²) in [5.74, 6) is -1.50. The minimum Gasteiger partial charge on any atom is -0.497 e. The Kier molecular flexibility index (Phi) is 7.65. The maximum absolute atomic E-state index is 13.6. The summed E-state index contributed by atoms with van der Waals surface area (Å²) in [6.07, 6.45) is 0. The molecule has 186 valence electrons. The van der Waals surface area contributed by atoms with Crippen molar-refractivity contribution in [1.82, 2.24) is 4.90 Å². The summed E-state index contributed by atoms with van der Waals surface area (Å²) in [6.45, 7) is -0.379. The van der Waals surface area contributed by atoms with E-state index in [0.717, 1.165) is 11.1 Å². The van der Waals surface area contributed by atoms with Gasteiger partial charge in [-0.1, -0.05) is 72.8 Å². The molecule has 3 aromatic carbocycles. The molecule has 1 aliphatic heterocycles. The fourth-order valence-corrected chi connectivity index (χ4v) is 4.17. The second-order valence-corrected chi connectivity index (χ2v) is 8.26. The third-order valence-corrected chi connectivity index (χ3v) is 6.06. The maximum atomic E-state index is 13.6. The molecule has 0 saturated carbocycles. The highest BCUT2D eigenvalue weighted by molar-refractivity contribution is 6.13. The van der Waals surface area contributed by atoms with Crippen LogP contribution in [-0.4, -0.2) is 49.1 Å². The zero-order valence-electron chi connectivity index (χ0n) is 20.1. The molecular weight excluding hydrogens is 462 g/mol. The van der Waals surface area contributed by atoms with Gasteiger partial charge >= 0.3 is 11.9 Å². The largest absolute Gasteiger partial charge is 0.497 e. The first-order chi connectivity index (χ1) is 17.5. The predicted octanol–water partition coefficient (Wildman–Crippen LogP) is 3.45. The normalized spacial score (nSPS) is 18.8. The van der Waals surface area contributed by atoms with E-state index in [4.69, 9.17) is 18.9 Å². The van der Waals surface area contributed by atoms with E-state index in [1.807, 2.05) is 60.7 Å². The van der Waals surface area contributed by atoms with Gasteiger partial charge in [0.05, 0.1) is 20.8 Å². The third kappa shape index (κ3) is 4.94. The first-order valence-corrected chi connectivity index (χ1v) is 11.4. The van der Waals surface area contributed by atoms with E-state index in [0.29, 0.717) is 11.3 Å². The lowest BCUT2D eigenvalue weighted by atomic mass is 9.77. The molecule has 0 aliphatic carbocycles. The molecule has 1 heterocycles. The van der Waals surface area contributed by atoms with Crippen molar-refractivity contribution in [3.05, 3.63) is 102 Å². The minimum atomic E-state index is -1.98. The Bertz CT molecular complexity index is 1200. The molecule has 0 spiro atoms. The molecule has 8 nitrogen and oxygen atoms in total. The molecule has 0 radical (unpaired) electrons. The summed E-state index contributed by atoms with van der Waals surface area (Å²) in [4.78, 5) is 40.6. The zero-order valence-corrected chi connectivity index (χ0v) is 20.1. The van der Waals surface area contributed by atoms with Crippen molar-refractivity contribution in [1.29, 1.82) is 0 Å². The fraction of sp³-hybridized carbons (Fsp3) is 0.250. The van der Waals surface area contributed by atoms with Gasteiger partial charge in [0, 0.05) is 0 Å². The Morgan fingerprint density at radius 3 is 1.97 bits per heavy atom. The van der Waals surface area contributed by atoms with Crippen molar-refractivity contribution in [2.75, 3.05) is 20.8 Å². The van der Waals surface area contributed by atoms with Crippen LogP contribution in [0.4, 0.5) is 0 Å². The van der Waals surface area contributed by atoms with Crippen LogP contribution in [0.3, 0.4) is 0 Å². The number of esters is 2. The molecule has 1 aliphatic rings. The van der Waals surface area contributed by atoms with Gasteiger partial charge in [0.15, 0.2) is 0 Å². The van der Waals surface area contributed by atoms with Crippen LogP contribution in [0.5, 0.6) is 5.75 Å². The molecule has 1 amide bonds. The molecule has 3 aromatic rings. The number of rotatable bonds is 10. The molecule has 1 saturated heterocycles. The average Bonchev–Trinajstić information content (AvgIpc) is 2.93. The number of hydrogen-bond donors (Lipinski definition) is 0. The van der Waals surface area contributed by atoms with E-state index >= 15 is 0 Å². The molecular formula is C28H27NO7. The lowest BCUT2D eigenvalue weighted by Gasteiger charge is -2.53. The molecule has 0 aromatic heterocycles. The summed E-state index contributed by atoms with van der Waals surface area (Å²) in [7, 11) is 2.78. The Morgan fingerprint density at radius 1 is 0.833 bits per heavy atom. The summed E-state index contributed by atoms with van der Waals surface area (Å²) in [6, 6.07) is 24.3. The minimum absolute atomic E-state index is 0.00820. The first-order valence-electron chi connectivity index (χ1n) is 11.4.